The number of hydrogen-bond donors (Lipinski definition) is 0. The fourth-order valence-corrected chi connectivity index (χ4v) is 0. The summed E-state index contributed by atoms with van der Waals surface area (Å²) in [6, 6.07) is 0. The van der Waals surface area contributed by atoms with E-state index in [4.69, 9.17) is 0 Å². The normalized spacial score (nSPS) is 10.0. The Balaban J connectivity index is 0. The maximum Gasteiger partial charge on any atom is 4.00 e. The van der Waals surface area contributed by atoms with Crippen molar-refractivity contribution in [1.82, 2.24) is 0 Å². The molecule has 0 aliphatic heterocycles. The molecule has 0 heterocycles. The molecule has 0 fully saturated rings. The van der Waals surface area contributed by atoms with Gasteiger partial charge in [-0.05, 0) is 0 Å². The van der Waals surface area contributed by atoms with Gasteiger partial charge in [-0.25, -0.2) is 0 Å². The second-order valence-electron chi connectivity index (χ2n) is 2.68. The average Bonchev–Trinajstić information content (AvgIpc) is 0.722. The minimum absolute atomic E-state index is 0. The fraction of sp³-hybridized carbons (Fsp3) is 1.00. The summed E-state index contributed by atoms with van der Waals surface area (Å²) < 4.78 is 1.00. The van der Waals surface area contributed by atoms with Crippen molar-refractivity contribution in [3.05, 3.63) is 0 Å². The molecule has 2 heteroatoms. The Morgan fingerprint density at radius 2 is 0.833 bits per heavy atom. The molecule has 0 spiro atoms. The molecule has 0 aromatic rings. The topological polar surface area (TPSA) is 0 Å². The summed E-state index contributed by atoms with van der Waals surface area (Å²) in [6.07, 6.45) is 0. The number of quaternary nitrogens is 1. The first-order chi connectivity index (χ1) is 2.00. The van der Waals surface area contributed by atoms with Gasteiger partial charge in [0.2, 0.25) is 0 Å². The van der Waals surface area contributed by atoms with Crippen LogP contribution >= 0.6 is 0 Å². The van der Waals surface area contributed by atoms with Crippen molar-refractivity contribution in [2.75, 3.05) is 28.2 Å². The summed E-state index contributed by atoms with van der Waals surface area (Å²) in [4.78, 5) is 0. The van der Waals surface area contributed by atoms with Crippen LogP contribution in [0.25, 0.3) is 0 Å². The van der Waals surface area contributed by atoms with Crippen LogP contribution in [0.5, 0.6) is 0 Å². The van der Waals surface area contributed by atoms with Gasteiger partial charge in [0, 0.05) is 0 Å². The Morgan fingerprint density at radius 1 is 0.833 bits per heavy atom. The molecule has 0 aliphatic carbocycles. The summed E-state index contributed by atoms with van der Waals surface area (Å²) in [7, 11) is 8.50. The minimum Gasteiger partial charge on any atom is -0.333 e. The van der Waals surface area contributed by atoms with Crippen LogP contribution in [-0.2, 0) is 0 Å². The molecule has 0 saturated heterocycles. The second-order valence-corrected chi connectivity index (χ2v) is 2.68. The largest absolute Gasteiger partial charge is 4.00 e. The molecule has 0 unspecified atom stereocenters. The van der Waals surface area contributed by atoms with Crippen LogP contribution in [0.3, 0.4) is 0 Å². The molecule has 0 aromatic heterocycles. The van der Waals surface area contributed by atoms with E-state index in [-0.39, 0.29) is 11.0 Å². The molecule has 0 aromatic carbocycles. The smallest absolute Gasteiger partial charge is 0.333 e. The van der Waals surface area contributed by atoms with Crippen LogP contribution in [0, 0.1) is 0 Å². The molecule has 0 amide bonds. The zero-order valence-electron chi connectivity index (χ0n) is 4.95. The Bertz CT molecular complexity index is 23.0. The van der Waals surface area contributed by atoms with Crippen molar-refractivity contribution in [2.24, 2.45) is 0 Å². The Hall–Kier alpha value is 0.177. The van der Waals surface area contributed by atoms with Crippen molar-refractivity contribution in [3.8, 4) is 0 Å². The van der Waals surface area contributed by atoms with Crippen molar-refractivity contribution in [3.63, 3.8) is 0 Å². The molecule has 0 rings (SSSR count). The van der Waals surface area contributed by atoms with Gasteiger partial charge in [-0.2, -0.15) is 0 Å². The van der Waals surface area contributed by atoms with E-state index in [0.717, 1.165) is 4.48 Å². The predicted molar refractivity (Wildman–Crippen MR) is 29.7 cm³/mol. The van der Waals surface area contributed by atoms with Crippen LogP contribution in [0.4, 0.5) is 0 Å². The second kappa shape index (κ2) is 2.37. The fourth-order valence-electron chi connectivity index (χ4n) is 0. The van der Waals surface area contributed by atoms with Crippen LogP contribution in [0.2, 0.25) is 0 Å². The summed E-state index contributed by atoms with van der Waals surface area (Å²) in [5.41, 5.74) is 0. The molecule has 0 atom stereocenters. The van der Waals surface area contributed by atoms with Gasteiger partial charge in [-0.1, -0.05) is 0 Å². The number of hydrogen-bond acceptors (Lipinski definition) is 0. The Kier molecular flexibility index (Phi) is 3.74. The van der Waals surface area contributed by atoms with E-state index in [1.165, 1.54) is 0 Å². The third-order valence-electron chi connectivity index (χ3n) is 0. The van der Waals surface area contributed by atoms with Gasteiger partial charge in [0.1, 0.15) is 0 Å². The van der Waals surface area contributed by atoms with Gasteiger partial charge in [-0.3, -0.25) is 0 Å². The Labute approximate surface area is 44.6 Å². The van der Waals surface area contributed by atoms with Gasteiger partial charge < -0.3 is 4.48 Å². The molecule has 1 nitrogen and oxygen atoms in total. The van der Waals surface area contributed by atoms with Crippen LogP contribution in [0.15, 0.2) is 0 Å². The molecule has 0 aliphatic rings. The third-order valence-corrected chi connectivity index (χ3v) is 0. The van der Waals surface area contributed by atoms with Crippen LogP contribution in [0.1, 0.15) is 0 Å². The van der Waals surface area contributed by atoms with E-state index in [1.807, 2.05) is 0 Å². The van der Waals surface area contributed by atoms with Crippen molar-refractivity contribution >= 4 is 11.0 Å². The summed E-state index contributed by atoms with van der Waals surface area (Å²) >= 11 is 0. The molecule has 32 valence electrons. The predicted octanol–water partition coefficient (Wildman–Crippen LogP) is -0.0584. The Morgan fingerprint density at radius 3 is 0.833 bits per heavy atom. The molecule has 0 radical (unpaired) electrons. The van der Waals surface area contributed by atoms with Gasteiger partial charge >= 0.3 is 11.0 Å². The first-order valence-electron chi connectivity index (χ1n) is 1.79. The molecule has 6 heavy (non-hydrogen) atoms. The van der Waals surface area contributed by atoms with Gasteiger partial charge in [0.25, 0.3) is 0 Å². The molecule has 0 saturated carbocycles. The molecular formula is C4H12NSi+5. The van der Waals surface area contributed by atoms with Gasteiger partial charge in [0.15, 0.2) is 0 Å². The van der Waals surface area contributed by atoms with E-state index in [0.29, 0.717) is 0 Å². The summed E-state index contributed by atoms with van der Waals surface area (Å²) in [6.45, 7) is 0. The maximum absolute atomic E-state index is 2.12. The van der Waals surface area contributed by atoms with Gasteiger partial charge in [0.05, 0.1) is 28.2 Å². The zero-order chi connectivity index (χ0) is 4.50. The van der Waals surface area contributed by atoms with E-state index in [9.17, 15) is 0 Å². The SMILES string of the molecule is C[N+](C)(C)C.[Si+4]. The maximum atomic E-state index is 2.12. The first-order valence-corrected chi connectivity index (χ1v) is 1.79. The zero-order valence-corrected chi connectivity index (χ0v) is 5.95. The average molecular weight is 102 g/mol. The van der Waals surface area contributed by atoms with Crippen molar-refractivity contribution in [2.45, 2.75) is 0 Å². The van der Waals surface area contributed by atoms with Crippen molar-refractivity contribution in [1.29, 1.82) is 0 Å². The number of rotatable bonds is 0. The van der Waals surface area contributed by atoms with E-state index < -0.39 is 0 Å². The van der Waals surface area contributed by atoms with E-state index >= 15 is 0 Å². The molecular weight excluding hydrogens is 90.1 g/mol. The molecule has 0 bridgehead atoms. The van der Waals surface area contributed by atoms with Crippen molar-refractivity contribution < 1.29 is 4.48 Å². The summed E-state index contributed by atoms with van der Waals surface area (Å²) in [5.74, 6) is 0. The van der Waals surface area contributed by atoms with Crippen LogP contribution < -0.4 is 0 Å². The quantitative estimate of drug-likeness (QED) is 0.297. The molecule has 0 N–H and O–H groups in total. The standard InChI is InChI=1S/C4H12N.Si/c1-5(2,3)4;/h1-4H3;/q+1;+4. The third kappa shape index (κ3) is 1350. The first kappa shape index (κ1) is 9.49. The number of nitrogens with zero attached hydrogens (tertiary/aromatic N) is 1. The minimum atomic E-state index is 0. The summed E-state index contributed by atoms with van der Waals surface area (Å²) in [5, 5.41) is 0. The van der Waals surface area contributed by atoms with E-state index in [2.05, 4.69) is 28.2 Å². The van der Waals surface area contributed by atoms with E-state index in [1.54, 1.807) is 0 Å². The van der Waals surface area contributed by atoms with Crippen LogP contribution in [-0.4, -0.2) is 43.6 Å². The van der Waals surface area contributed by atoms with Gasteiger partial charge in [-0.15, -0.1) is 0 Å². The monoisotopic (exact) mass is 102 g/mol.